The molecule has 1 aromatic heterocycles. The molecule has 150 valence electrons. The van der Waals surface area contributed by atoms with Crippen LogP contribution in [0, 0.1) is 19.8 Å². The lowest BCUT2D eigenvalue weighted by atomic mass is 9.86. The fourth-order valence-corrected chi connectivity index (χ4v) is 3.69. The summed E-state index contributed by atoms with van der Waals surface area (Å²) in [7, 11) is 3.99. The smallest absolute Gasteiger partial charge is 0.251 e. The van der Waals surface area contributed by atoms with Gasteiger partial charge in [0.2, 0.25) is 5.95 Å². The van der Waals surface area contributed by atoms with Crippen molar-refractivity contribution in [3.8, 4) is 0 Å². The van der Waals surface area contributed by atoms with Crippen molar-refractivity contribution in [3.63, 3.8) is 0 Å². The molecule has 1 heterocycles. The van der Waals surface area contributed by atoms with E-state index in [-0.39, 0.29) is 5.91 Å². The number of carbonyl (C=O) groups is 1. The lowest BCUT2D eigenvalue weighted by molar-refractivity contribution is 0.0943. The summed E-state index contributed by atoms with van der Waals surface area (Å²) in [6.07, 6.45) is 6.20. The van der Waals surface area contributed by atoms with Gasteiger partial charge in [0.15, 0.2) is 0 Å². The minimum Gasteiger partial charge on any atom is -0.362 e. The zero-order valence-corrected chi connectivity index (χ0v) is 17.3. The maximum Gasteiger partial charge on any atom is 0.251 e. The number of aryl methyl sites for hydroxylation is 2. The van der Waals surface area contributed by atoms with E-state index in [0.29, 0.717) is 17.9 Å². The molecular weight excluding hydrogens is 350 g/mol. The Balaban J connectivity index is 1.45. The quantitative estimate of drug-likeness (QED) is 0.801. The average Bonchev–Trinajstić information content (AvgIpc) is 2.69. The Kier molecular flexibility index (Phi) is 6.49. The molecule has 1 amide bonds. The van der Waals surface area contributed by atoms with Gasteiger partial charge in [-0.1, -0.05) is 17.7 Å². The fourth-order valence-electron chi connectivity index (χ4n) is 3.69. The number of rotatable bonds is 6. The standard InChI is InChI=1S/C22H31N5O/c1-15-5-9-18(10-6-15)21(28)23-14-17-7-11-19(12-8-17)25-22-24-13-16(2)20(26-22)27(3)4/h5-6,9-10,13,17,19H,7-8,11-12,14H2,1-4H3,(H,23,28)(H,24,25,26). The van der Waals surface area contributed by atoms with Crippen molar-refractivity contribution in [2.45, 2.75) is 45.6 Å². The van der Waals surface area contributed by atoms with E-state index in [9.17, 15) is 4.79 Å². The lowest BCUT2D eigenvalue weighted by Gasteiger charge is -2.29. The molecule has 1 saturated carbocycles. The monoisotopic (exact) mass is 381 g/mol. The highest BCUT2D eigenvalue weighted by Gasteiger charge is 2.22. The summed E-state index contributed by atoms with van der Waals surface area (Å²) in [6.45, 7) is 4.79. The number of hydrogen-bond acceptors (Lipinski definition) is 5. The highest BCUT2D eigenvalue weighted by atomic mass is 16.1. The molecule has 0 saturated heterocycles. The van der Waals surface area contributed by atoms with Crippen LogP contribution < -0.4 is 15.5 Å². The van der Waals surface area contributed by atoms with E-state index in [2.05, 4.69) is 20.6 Å². The molecule has 28 heavy (non-hydrogen) atoms. The van der Waals surface area contributed by atoms with Crippen LogP contribution in [-0.4, -0.2) is 42.6 Å². The first-order valence-electron chi connectivity index (χ1n) is 10.0. The second kappa shape index (κ2) is 9.04. The van der Waals surface area contributed by atoms with Crippen LogP contribution in [0.25, 0.3) is 0 Å². The van der Waals surface area contributed by atoms with Crippen LogP contribution in [0.1, 0.15) is 47.2 Å². The number of benzene rings is 1. The second-order valence-corrected chi connectivity index (χ2v) is 8.03. The minimum absolute atomic E-state index is 0.0181. The van der Waals surface area contributed by atoms with Crippen LogP contribution in [0.4, 0.5) is 11.8 Å². The number of carbonyl (C=O) groups excluding carboxylic acids is 1. The molecule has 1 aromatic carbocycles. The van der Waals surface area contributed by atoms with Gasteiger partial charge in [-0.25, -0.2) is 4.98 Å². The van der Waals surface area contributed by atoms with E-state index < -0.39 is 0 Å². The van der Waals surface area contributed by atoms with Crippen molar-refractivity contribution < 1.29 is 4.79 Å². The van der Waals surface area contributed by atoms with Crippen LogP contribution in [0.5, 0.6) is 0 Å². The summed E-state index contributed by atoms with van der Waals surface area (Å²) in [4.78, 5) is 23.3. The second-order valence-electron chi connectivity index (χ2n) is 8.03. The number of hydrogen-bond donors (Lipinski definition) is 2. The van der Waals surface area contributed by atoms with Gasteiger partial charge in [-0.15, -0.1) is 0 Å². The molecule has 0 aliphatic heterocycles. The number of aromatic nitrogens is 2. The summed E-state index contributed by atoms with van der Waals surface area (Å²) in [5, 5.41) is 6.57. The van der Waals surface area contributed by atoms with E-state index in [0.717, 1.165) is 54.7 Å². The maximum absolute atomic E-state index is 12.3. The Morgan fingerprint density at radius 3 is 2.43 bits per heavy atom. The Hall–Kier alpha value is -2.63. The number of nitrogens with zero attached hydrogens (tertiary/aromatic N) is 3. The van der Waals surface area contributed by atoms with Crippen LogP contribution in [0.3, 0.4) is 0 Å². The summed E-state index contributed by atoms with van der Waals surface area (Å²) in [6, 6.07) is 8.10. The summed E-state index contributed by atoms with van der Waals surface area (Å²) < 4.78 is 0. The van der Waals surface area contributed by atoms with Gasteiger partial charge in [-0.05, 0) is 57.6 Å². The molecule has 0 spiro atoms. The van der Waals surface area contributed by atoms with E-state index in [1.54, 1.807) is 0 Å². The van der Waals surface area contributed by atoms with Gasteiger partial charge in [-0.3, -0.25) is 4.79 Å². The normalized spacial score (nSPS) is 19.1. The predicted molar refractivity (Wildman–Crippen MR) is 114 cm³/mol. The molecule has 2 aromatic rings. The maximum atomic E-state index is 12.3. The van der Waals surface area contributed by atoms with Crippen LogP contribution in [0.2, 0.25) is 0 Å². The highest BCUT2D eigenvalue weighted by molar-refractivity contribution is 5.94. The molecule has 3 rings (SSSR count). The third-order valence-corrected chi connectivity index (χ3v) is 5.41. The number of nitrogens with one attached hydrogen (secondary N) is 2. The van der Waals surface area contributed by atoms with Crippen LogP contribution in [-0.2, 0) is 0 Å². The number of anilines is 2. The lowest BCUT2D eigenvalue weighted by Crippen LogP contribution is -2.34. The molecule has 6 nitrogen and oxygen atoms in total. The van der Waals surface area contributed by atoms with Gasteiger partial charge in [0.05, 0.1) is 0 Å². The molecule has 6 heteroatoms. The van der Waals surface area contributed by atoms with E-state index >= 15 is 0 Å². The molecular formula is C22H31N5O. The Bertz CT molecular complexity index is 795. The van der Waals surface area contributed by atoms with Gasteiger partial charge >= 0.3 is 0 Å². The fraction of sp³-hybridized carbons (Fsp3) is 0.500. The molecule has 0 bridgehead atoms. The molecule has 0 radical (unpaired) electrons. The molecule has 2 N–H and O–H groups in total. The Labute approximate surface area is 167 Å². The topological polar surface area (TPSA) is 70.2 Å². The first-order chi connectivity index (χ1) is 13.4. The first-order valence-corrected chi connectivity index (χ1v) is 10.0. The molecule has 1 fully saturated rings. The highest BCUT2D eigenvalue weighted by Crippen LogP contribution is 2.26. The molecule has 0 atom stereocenters. The third kappa shape index (κ3) is 5.21. The zero-order chi connectivity index (χ0) is 20.1. The van der Waals surface area contributed by atoms with Gasteiger partial charge in [-0.2, -0.15) is 4.98 Å². The number of amides is 1. The first kappa shape index (κ1) is 20.1. The summed E-state index contributed by atoms with van der Waals surface area (Å²) in [5.41, 5.74) is 2.97. The van der Waals surface area contributed by atoms with Crippen molar-refractivity contribution >= 4 is 17.7 Å². The predicted octanol–water partition coefficient (Wildman–Crippen LogP) is 3.56. The van der Waals surface area contributed by atoms with Gasteiger partial charge in [0.25, 0.3) is 5.91 Å². The average molecular weight is 382 g/mol. The molecule has 1 aliphatic rings. The summed E-state index contributed by atoms with van der Waals surface area (Å²) in [5.74, 6) is 2.20. The van der Waals surface area contributed by atoms with E-state index in [1.807, 2.05) is 63.3 Å². The van der Waals surface area contributed by atoms with Crippen molar-refractivity contribution in [3.05, 3.63) is 47.2 Å². The Morgan fingerprint density at radius 1 is 1.11 bits per heavy atom. The minimum atomic E-state index is 0.0181. The van der Waals surface area contributed by atoms with Gasteiger partial charge < -0.3 is 15.5 Å². The van der Waals surface area contributed by atoms with Crippen molar-refractivity contribution in [1.29, 1.82) is 0 Å². The van der Waals surface area contributed by atoms with E-state index in [4.69, 9.17) is 0 Å². The van der Waals surface area contributed by atoms with Crippen LogP contribution >= 0.6 is 0 Å². The Morgan fingerprint density at radius 2 is 1.79 bits per heavy atom. The zero-order valence-electron chi connectivity index (χ0n) is 17.3. The van der Waals surface area contributed by atoms with Crippen molar-refractivity contribution in [2.75, 3.05) is 30.9 Å². The largest absolute Gasteiger partial charge is 0.362 e. The molecule has 0 unspecified atom stereocenters. The molecule has 1 aliphatic carbocycles. The third-order valence-electron chi connectivity index (χ3n) is 5.41. The van der Waals surface area contributed by atoms with Crippen molar-refractivity contribution in [1.82, 2.24) is 15.3 Å². The van der Waals surface area contributed by atoms with Crippen LogP contribution in [0.15, 0.2) is 30.5 Å². The van der Waals surface area contributed by atoms with Gasteiger partial charge in [0, 0.05) is 44.0 Å². The SMILES string of the molecule is Cc1ccc(C(=O)NCC2CCC(Nc3ncc(C)c(N(C)C)n3)CC2)cc1. The van der Waals surface area contributed by atoms with Crippen molar-refractivity contribution in [2.24, 2.45) is 5.92 Å². The summed E-state index contributed by atoms with van der Waals surface area (Å²) >= 11 is 0. The van der Waals surface area contributed by atoms with E-state index in [1.165, 1.54) is 0 Å². The van der Waals surface area contributed by atoms with Gasteiger partial charge in [0.1, 0.15) is 5.82 Å².